The van der Waals surface area contributed by atoms with Gasteiger partial charge in [-0.2, -0.15) is 5.26 Å². The normalized spacial score (nSPS) is 10.1. The molecule has 1 heterocycles. The average Bonchev–Trinajstić information content (AvgIpc) is 2.52. The molecule has 0 saturated heterocycles. The van der Waals surface area contributed by atoms with E-state index in [1.165, 1.54) is 11.8 Å². The first kappa shape index (κ1) is 15.1. The molecule has 0 radical (unpaired) electrons. The minimum Gasteiger partial charge on any atom is -0.494 e. The van der Waals surface area contributed by atoms with Crippen molar-refractivity contribution < 1.29 is 4.74 Å². The molecule has 0 fully saturated rings. The zero-order valence-electron chi connectivity index (χ0n) is 11.8. The number of hydrogen-bond donors (Lipinski definition) is 1. The van der Waals surface area contributed by atoms with E-state index in [-0.39, 0.29) is 5.56 Å². The van der Waals surface area contributed by atoms with Gasteiger partial charge in [0.1, 0.15) is 17.4 Å². The zero-order valence-corrected chi connectivity index (χ0v) is 12.7. The van der Waals surface area contributed by atoms with Crippen molar-refractivity contribution in [2.24, 2.45) is 0 Å². The van der Waals surface area contributed by atoms with Gasteiger partial charge in [0.15, 0.2) is 5.16 Å². The van der Waals surface area contributed by atoms with Crippen LogP contribution in [0.4, 0.5) is 0 Å². The van der Waals surface area contributed by atoms with Crippen LogP contribution >= 0.6 is 11.8 Å². The average molecular weight is 301 g/mol. The van der Waals surface area contributed by atoms with E-state index in [0.29, 0.717) is 28.8 Å². The van der Waals surface area contributed by atoms with E-state index < -0.39 is 5.56 Å². The molecule has 5 nitrogen and oxygen atoms in total. The van der Waals surface area contributed by atoms with Gasteiger partial charge in [-0.1, -0.05) is 30.8 Å². The van der Waals surface area contributed by atoms with Crippen molar-refractivity contribution in [3.05, 3.63) is 40.2 Å². The number of H-pyrrole nitrogens is 1. The molecule has 0 bridgehead atoms. The summed E-state index contributed by atoms with van der Waals surface area (Å²) in [5.41, 5.74) is 0.668. The van der Waals surface area contributed by atoms with Gasteiger partial charge in [-0.15, -0.1) is 0 Å². The summed E-state index contributed by atoms with van der Waals surface area (Å²) in [5, 5.41) is 9.67. The number of aromatic nitrogens is 2. The van der Waals surface area contributed by atoms with Gasteiger partial charge >= 0.3 is 0 Å². The van der Waals surface area contributed by atoms with E-state index in [1.807, 2.05) is 37.4 Å². The molecule has 2 aromatic rings. The third-order valence-electron chi connectivity index (χ3n) is 2.78. The second-order valence-electron chi connectivity index (χ2n) is 4.29. The van der Waals surface area contributed by atoms with Crippen molar-refractivity contribution in [2.75, 3.05) is 12.9 Å². The first-order valence-corrected chi connectivity index (χ1v) is 7.73. The lowest BCUT2D eigenvalue weighted by Crippen LogP contribution is -2.14. The second kappa shape index (κ2) is 6.95. The van der Waals surface area contributed by atoms with Gasteiger partial charge in [0.2, 0.25) is 0 Å². The Morgan fingerprint density at radius 2 is 2.29 bits per heavy atom. The number of rotatable bonds is 5. The van der Waals surface area contributed by atoms with Crippen LogP contribution in [0, 0.1) is 11.3 Å². The maximum Gasteiger partial charge on any atom is 0.270 e. The lowest BCUT2D eigenvalue weighted by Gasteiger charge is -2.08. The summed E-state index contributed by atoms with van der Waals surface area (Å²) in [7, 11) is 0. The van der Waals surface area contributed by atoms with Crippen molar-refractivity contribution >= 4 is 11.8 Å². The molecule has 0 atom stereocenters. The van der Waals surface area contributed by atoms with Crippen molar-refractivity contribution in [2.45, 2.75) is 18.5 Å². The van der Waals surface area contributed by atoms with Gasteiger partial charge in [0.25, 0.3) is 5.56 Å². The SMILES string of the molecule is CCCOc1cccc(-c2nc(SC)[nH]c(=O)c2C#N)c1. The molecular formula is C15H15N3O2S. The molecule has 0 saturated carbocycles. The van der Waals surface area contributed by atoms with Crippen LogP contribution in [0.3, 0.4) is 0 Å². The highest BCUT2D eigenvalue weighted by Crippen LogP contribution is 2.25. The number of hydrogen-bond acceptors (Lipinski definition) is 5. The molecule has 6 heteroatoms. The Morgan fingerprint density at radius 3 is 2.95 bits per heavy atom. The fourth-order valence-corrected chi connectivity index (χ4v) is 2.19. The number of ether oxygens (including phenoxy) is 1. The van der Waals surface area contributed by atoms with E-state index >= 15 is 0 Å². The Bertz CT molecular complexity index is 734. The van der Waals surface area contributed by atoms with Crippen molar-refractivity contribution in [1.29, 1.82) is 5.26 Å². The Labute approximate surface area is 127 Å². The molecule has 108 valence electrons. The molecule has 0 aliphatic carbocycles. The monoisotopic (exact) mass is 301 g/mol. The van der Waals surface area contributed by atoms with E-state index in [1.54, 1.807) is 6.07 Å². The summed E-state index contributed by atoms with van der Waals surface area (Å²) in [6.07, 6.45) is 2.72. The van der Waals surface area contributed by atoms with Crippen LogP contribution in [0.25, 0.3) is 11.3 Å². The number of nitrogens with zero attached hydrogens (tertiary/aromatic N) is 2. The van der Waals surface area contributed by atoms with Gasteiger partial charge in [-0.3, -0.25) is 4.79 Å². The molecule has 0 amide bonds. The molecule has 1 aromatic carbocycles. The predicted molar refractivity (Wildman–Crippen MR) is 82.6 cm³/mol. The van der Waals surface area contributed by atoms with Crippen molar-refractivity contribution in [1.82, 2.24) is 9.97 Å². The summed E-state index contributed by atoms with van der Waals surface area (Å²) >= 11 is 1.32. The molecule has 1 N–H and O–H groups in total. The van der Waals surface area contributed by atoms with Gasteiger partial charge in [-0.25, -0.2) is 4.98 Å². The molecule has 0 aliphatic heterocycles. The fraction of sp³-hybridized carbons (Fsp3) is 0.267. The topological polar surface area (TPSA) is 78.8 Å². The molecule has 21 heavy (non-hydrogen) atoms. The predicted octanol–water partition coefficient (Wildman–Crippen LogP) is 2.82. The Hall–Kier alpha value is -2.26. The van der Waals surface area contributed by atoms with Gasteiger partial charge in [0, 0.05) is 5.56 Å². The number of nitrogens with one attached hydrogen (secondary N) is 1. The van der Waals surface area contributed by atoms with Crippen LogP contribution in [0.5, 0.6) is 5.75 Å². The maximum atomic E-state index is 11.9. The molecule has 0 spiro atoms. The first-order valence-electron chi connectivity index (χ1n) is 6.51. The third-order valence-corrected chi connectivity index (χ3v) is 3.36. The number of benzene rings is 1. The van der Waals surface area contributed by atoms with Crippen LogP contribution < -0.4 is 10.3 Å². The quantitative estimate of drug-likeness (QED) is 0.678. The van der Waals surface area contributed by atoms with Crippen LogP contribution in [-0.2, 0) is 0 Å². The largest absolute Gasteiger partial charge is 0.494 e. The lowest BCUT2D eigenvalue weighted by atomic mass is 10.1. The number of nitriles is 1. The minimum absolute atomic E-state index is 0.0143. The third kappa shape index (κ3) is 3.44. The van der Waals surface area contributed by atoms with Crippen LogP contribution in [0.2, 0.25) is 0 Å². The highest BCUT2D eigenvalue weighted by molar-refractivity contribution is 7.98. The van der Waals surface area contributed by atoms with Crippen LogP contribution in [0.15, 0.2) is 34.2 Å². The molecule has 0 unspecified atom stereocenters. The first-order chi connectivity index (χ1) is 10.2. The minimum atomic E-state index is -0.424. The van der Waals surface area contributed by atoms with E-state index in [2.05, 4.69) is 9.97 Å². The smallest absolute Gasteiger partial charge is 0.270 e. The van der Waals surface area contributed by atoms with Crippen LogP contribution in [-0.4, -0.2) is 22.8 Å². The fourth-order valence-electron chi connectivity index (χ4n) is 1.81. The highest BCUT2D eigenvalue weighted by atomic mass is 32.2. The summed E-state index contributed by atoms with van der Waals surface area (Å²) < 4.78 is 5.58. The van der Waals surface area contributed by atoms with E-state index in [4.69, 9.17) is 4.74 Å². The van der Waals surface area contributed by atoms with Gasteiger partial charge in [-0.05, 0) is 24.8 Å². The van der Waals surface area contributed by atoms with E-state index in [0.717, 1.165) is 6.42 Å². The second-order valence-corrected chi connectivity index (χ2v) is 5.08. The number of aromatic amines is 1. The highest BCUT2D eigenvalue weighted by Gasteiger charge is 2.13. The van der Waals surface area contributed by atoms with Crippen LogP contribution in [0.1, 0.15) is 18.9 Å². The summed E-state index contributed by atoms with van der Waals surface area (Å²) in [6, 6.07) is 9.19. The molecule has 2 rings (SSSR count). The lowest BCUT2D eigenvalue weighted by molar-refractivity contribution is 0.317. The summed E-state index contributed by atoms with van der Waals surface area (Å²) in [4.78, 5) is 18.8. The summed E-state index contributed by atoms with van der Waals surface area (Å²) in [6.45, 7) is 2.65. The molecule has 1 aromatic heterocycles. The van der Waals surface area contributed by atoms with E-state index in [9.17, 15) is 10.1 Å². The molecular weight excluding hydrogens is 286 g/mol. The van der Waals surface area contributed by atoms with Crippen molar-refractivity contribution in [3.63, 3.8) is 0 Å². The summed E-state index contributed by atoms with van der Waals surface area (Å²) in [5.74, 6) is 0.700. The Kier molecular flexibility index (Phi) is 5.01. The Balaban J connectivity index is 2.53. The molecule has 0 aliphatic rings. The zero-order chi connectivity index (χ0) is 15.2. The standard InChI is InChI=1S/C15H15N3O2S/c1-3-7-20-11-6-4-5-10(8-11)13-12(9-16)14(19)18-15(17-13)21-2/h4-6,8H,3,7H2,1-2H3,(H,17,18,19). The Morgan fingerprint density at radius 1 is 1.48 bits per heavy atom. The van der Waals surface area contributed by atoms with Crippen molar-refractivity contribution in [3.8, 4) is 23.1 Å². The van der Waals surface area contributed by atoms with Gasteiger partial charge < -0.3 is 9.72 Å². The number of thioether (sulfide) groups is 1. The van der Waals surface area contributed by atoms with Gasteiger partial charge in [0.05, 0.1) is 12.3 Å². The maximum absolute atomic E-state index is 11.9.